The number of benzene rings is 1. The van der Waals surface area contributed by atoms with Crippen molar-refractivity contribution in [1.29, 1.82) is 0 Å². The van der Waals surface area contributed by atoms with Crippen LogP contribution in [0.4, 0.5) is 0 Å². The predicted octanol–water partition coefficient (Wildman–Crippen LogP) is 2.69. The van der Waals surface area contributed by atoms with Gasteiger partial charge in [0.05, 0.1) is 15.6 Å². The average molecular weight is 626 g/mol. The first-order valence-corrected chi connectivity index (χ1v) is 12.1. The van der Waals surface area contributed by atoms with Crippen molar-refractivity contribution in [2.24, 2.45) is 0 Å². The van der Waals surface area contributed by atoms with Crippen LogP contribution in [-0.4, -0.2) is 74.4 Å². The Bertz CT molecular complexity index is 902. The van der Waals surface area contributed by atoms with Gasteiger partial charge >= 0.3 is 23.9 Å². The second kappa shape index (κ2) is 13.8. The van der Waals surface area contributed by atoms with Crippen molar-refractivity contribution in [2.45, 2.75) is 58.4 Å². The first-order chi connectivity index (χ1) is 16.5. The number of esters is 4. The molecule has 1 aliphatic rings. The lowest BCUT2D eigenvalue weighted by atomic mass is 9.98. The van der Waals surface area contributed by atoms with Crippen molar-refractivity contribution < 1.29 is 52.3 Å². The number of para-hydroxylation sites is 1. The van der Waals surface area contributed by atoms with Crippen LogP contribution in [0.5, 0.6) is 5.75 Å². The molecule has 1 fully saturated rings. The van der Waals surface area contributed by atoms with Crippen molar-refractivity contribution in [2.75, 3.05) is 19.8 Å². The smallest absolute Gasteiger partial charge is 0.303 e. The topological polar surface area (TPSA) is 133 Å². The van der Waals surface area contributed by atoms with Crippen molar-refractivity contribution in [3.8, 4) is 5.75 Å². The standard InChI is InChI=1S/C22H26Br2O11/c1-11(25)31-10-17-19(32-12(2)26)20(33-13(3)27)21(34-14(4)28)22(35-17)30-9-8-29-18-15(23)6-5-7-16(18)24/h5-7,17,19-22H,8-10H2,1-4H3/t17?,19-,20?,21?,22-/m1/s1. The van der Waals surface area contributed by atoms with Crippen molar-refractivity contribution >= 4 is 55.7 Å². The van der Waals surface area contributed by atoms with Crippen LogP contribution in [0.25, 0.3) is 0 Å². The molecule has 1 saturated heterocycles. The Hall–Kier alpha value is -2.22. The largest absolute Gasteiger partial charge is 0.489 e. The summed E-state index contributed by atoms with van der Waals surface area (Å²) in [6.07, 6.45) is -6.17. The minimum absolute atomic E-state index is 0.0263. The highest BCUT2D eigenvalue weighted by molar-refractivity contribution is 9.11. The molecule has 1 aromatic rings. The predicted molar refractivity (Wildman–Crippen MR) is 125 cm³/mol. The normalized spacial score (nSPS) is 23.7. The van der Waals surface area contributed by atoms with Crippen LogP contribution in [0, 0.1) is 0 Å². The van der Waals surface area contributed by atoms with Crippen molar-refractivity contribution in [1.82, 2.24) is 0 Å². The van der Waals surface area contributed by atoms with E-state index in [-0.39, 0.29) is 19.8 Å². The first kappa shape index (κ1) is 29.0. The van der Waals surface area contributed by atoms with E-state index in [1.165, 1.54) is 6.92 Å². The molecule has 3 unspecified atom stereocenters. The molecule has 1 aliphatic heterocycles. The molecule has 5 atom stereocenters. The van der Waals surface area contributed by atoms with Crippen molar-refractivity contribution in [3.05, 3.63) is 27.1 Å². The molecule has 0 aliphatic carbocycles. The first-order valence-electron chi connectivity index (χ1n) is 10.5. The van der Waals surface area contributed by atoms with Gasteiger partial charge in [-0.05, 0) is 44.0 Å². The quantitative estimate of drug-likeness (QED) is 0.216. The van der Waals surface area contributed by atoms with Gasteiger partial charge in [0.25, 0.3) is 0 Å². The number of ether oxygens (including phenoxy) is 7. The van der Waals surface area contributed by atoms with E-state index in [0.717, 1.165) is 29.7 Å². The summed E-state index contributed by atoms with van der Waals surface area (Å²) in [4.78, 5) is 46.8. The Morgan fingerprint density at radius 1 is 0.800 bits per heavy atom. The van der Waals surface area contributed by atoms with Crippen LogP contribution < -0.4 is 4.74 Å². The summed E-state index contributed by atoms with van der Waals surface area (Å²) in [7, 11) is 0. The van der Waals surface area contributed by atoms with E-state index in [0.29, 0.717) is 5.75 Å². The van der Waals surface area contributed by atoms with Gasteiger partial charge in [-0.25, -0.2) is 0 Å². The summed E-state index contributed by atoms with van der Waals surface area (Å²) in [6.45, 7) is 4.36. The summed E-state index contributed by atoms with van der Waals surface area (Å²) in [6, 6.07) is 5.44. The highest BCUT2D eigenvalue weighted by Crippen LogP contribution is 2.33. The number of rotatable bonds is 10. The monoisotopic (exact) mass is 624 g/mol. The van der Waals surface area contributed by atoms with Gasteiger partial charge in [-0.15, -0.1) is 0 Å². The van der Waals surface area contributed by atoms with E-state index < -0.39 is 54.6 Å². The zero-order chi connectivity index (χ0) is 26.1. The van der Waals surface area contributed by atoms with Gasteiger partial charge in [-0.1, -0.05) is 6.07 Å². The van der Waals surface area contributed by atoms with Gasteiger partial charge < -0.3 is 33.2 Å². The molecule has 1 heterocycles. The molecule has 194 valence electrons. The molecule has 0 aromatic heterocycles. The highest BCUT2D eigenvalue weighted by atomic mass is 79.9. The van der Waals surface area contributed by atoms with Gasteiger partial charge in [0.1, 0.15) is 25.1 Å². The molecule has 11 nitrogen and oxygen atoms in total. The zero-order valence-electron chi connectivity index (χ0n) is 19.5. The fourth-order valence-corrected chi connectivity index (χ4v) is 4.48. The third kappa shape index (κ3) is 9.06. The Kier molecular flexibility index (Phi) is 11.4. The van der Waals surface area contributed by atoms with Crippen LogP contribution in [0.15, 0.2) is 27.1 Å². The number of halogens is 2. The van der Waals surface area contributed by atoms with Gasteiger partial charge in [0, 0.05) is 27.7 Å². The van der Waals surface area contributed by atoms with Gasteiger partial charge in [0.2, 0.25) is 0 Å². The molecular weight excluding hydrogens is 600 g/mol. The maximum Gasteiger partial charge on any atom is 0.303 e. The minimum Gasteiger partial charge on any atom is -0.489 e. The molecule has 13 heteroatoms. The minimum atomic E-state index is -1.29. The number of carbonyl (C=O) groups excluding carboxylic acids is 4. The summed E-state index contributed by atoms with van der Waals surface area (Å²) in [5.41, 5.74) is 0. The van der Waals surface area contributed by atoms with Crippen LogP contribution in [-0.2, 0) is 47.6 Å². The Morgan fingerprint density at radius 2 is 1.34 bits per heavy atom. The Balaban J connectivity index is 2.24. The molecule has 0 bridgehead atoms. The van der Waals surface area contributed by atoms with Crippen LogP contribution >= 0.6 is 31.9 Å². The number of hydrogen-bond acceptors (Lipinski definition) is 11. The fourth-order valence-electron chi connectivity index (χ4n) is 3.25. The summed E-state index contributed by atoms with van der Waals surface area (Å²) in [5, 5.41) is 0. The highest BCUT2D eigenvalue weighted by Gasteiger charge is 2.52. The molecule has 1 aromatic carbocycles. The zero-order valence-corrected chi connectivity index (χ0v) is 22.7. The fraction of sp³-hybridized carbons (Fsp3) is 0.545. The molecule has 0 N–H and O–H groups in total. The lowest BCUT2D eigenvalue weighted by Gasteiger charge is -2.44. The molecule has 35 heavy (non-hydrogen) atoms. The lowest BCUT2D eigenvalue weighted by molar-refractivity contribution is -0.308. The van der Waals surface area contributed by atoms with Gasteiger partial charge in [-0.3, -0.25) is 19.2 Å². The molecule has 2 rings (SSSR count). The third-order valence-electron chi connectivity index (χ3n) is 4.48. The van der Waals surface area contributed by atoms with E-state index in [1.54, 1.807) is 12.1 Å². The lowest BCUT2D eigenvalue weighted by Crippen LogP contribution is -2.63. The molecule has 0 saturated carbocycles. The summed E-state index contributed by atoms with van der Waals surface area (Å²) >= 11 is 6.79. The van der Waals surface area contributed by atoms with E-state index in [2.05, 4.69) is 31.9 Å². The molecule has 0 radical (unpaired) electrons. The molecular formula is C22H26Br2O11. The van der Waals surface area contributed by atoms with Gasteiger partial charge in [-0.2, -0.15) is 0 Å². The van der Waals surface area contributed by atoms with Crippen LogP contribution in [0.1, 0.15) is 27.7 Å². The van der Waals surface area contributed by atoms with Crippen LogP contribution in [0.3, 0.4) is 0 Å². The number of carbonyl (C=O) groups is 4. The second-order valence-corrected chi connectivity index (χ2v) is 9.05. The van der Waals surface area contributed by atoms with Gasteiger partial charge in [0.15, 0.2) is 24.6 Å². The van der Waals surface area contributed by atoms with Crippen molar-refractivity contribution in [3.63, 3.8) is 0 Å². The Labute approximate surface area is 218 Å². The maximum atomic E-state index is 11.8. The maximum absolute atomic E-state index is 11.8. The van der Waals surface area contributed by atoms with E-state index in [4.69, 9.17) is 33.2 Å². The average Bonchev–Trinajstić information content (AvgIpc) is 2.74. The molecule has 0 amide bonds. The van der Waals surface area contributed by atoms with Crippen LogP contribution in [0.2, 0.25) is 0 Å². The number of hydrogen-bond donors (Lipinski definition) is 0. The van der Waals surface area contributed by atoms with E-state index >= 15 is 0 Å². The Morgan fingerprint density at radius 3 is 1.89 bits per heavy atom. The summed E-state index contributed by atoms with van der Waals surface area (Å²) in [5.74, 6) is -2.20. The summed E-state index contributed by atoms with van der Waals surface area (Å²) < 4.78 is 39.8. The SMILES string of the molecule is CC(=O)OCC1O[C@@H](OCCOc2c(Br)cccc2Br)C(OC(C)=O)C(OC(C)=O)[C@@H]1OC(C)=O. The third-order valence-corrected chi connectivity index (χ3v) is 5.73. The second-order valence-electron chi connectivity index (χ2n) is 7.34. The van der Waals surface area contributed by atoms with E-state index in [9.17, 15) is 19.2 Å². The van der Waals surface area contributed by atoms with E-state index in [1.807, 2.05) is 6.07 Å². The molecule has 0 spiro atoms.